The van der Waals surface area contributed by atoms with Gasteiger partial charge in [-0.15, -0.1) is 0 Å². The van der Waals surface area contributed by atoms with E-state index < -0.39 is 0 Å². The number of likely N-dealkylation sites (tertiary alicyclic amines) is 1. The lowest BCUT2D eigenvalue weighted by molar-refractivity contribution is 0.0716. The van der Waals surface area contributed by atoms with Crippen LogP contribution in [-0.4, -0.2) is 39.9 Å². The van der Waals surface area contributed by atoms with Gasteiger partial charge < -0.3 is 14.8 Å². The Labute approximate surface area is 176 Å². The van der Waals surface area contributed by atoms with E-state index in [-0.39, 0.29) is 5.91 Å². The lowest BCUT2D eigenvalue weighted by Crippen LogP contribution is -2.45. The summed E-state index contributed by atoms with van der Waals surface area (Å²) in [5.74, 6) is 0.0555. The molecule has 4 aromatic rings. The van der Waals surface area contributed by atoms with Crippen molar-refractivity contribution in [2.45, 2.75) is 18.9 Å². The Hall–Kier alpha value is -3.60. The first-order chi connectivity index (χ1) is 14.8. The zero-order valence-electron chi connectivity index (χ0n) is 16.7. The largest absolute Gasteiger partial charge is 0.360 e. The molecule has 1 aliphatic rings. The summed E-state index contributed by atoms with van der Waals surface area (Å²) in [5.41, 5.74) is 3.90. The second-order valence-electron chi connectivity index (χ2n) is 7.69. The first kappa shape index (κ1) is 18.4. The van der Waals surface area contributed by atoms with E-state index in [4.69, 9.17) is 0 Å². The van der Waals surface area contributed by atoms with Gasteiger partial charge in [-0.2, -0.15) is 0 Å². The van der Waals surface area contributed by atoms with Crippen LogP contribution in [0.3, 0.4) is 0 Å². The van der Waals surface area contributed by atoms with E-state index in [9.17, 15) is 4.79 Å². The highest BCUT2D eigenvalue weighted by molar-refractivity contribution is 6.05. The number of hydrogen-bond acceptors (Lipinski definition) is 3. The van der Waals surface area contributed by atoms with Crippen molar-refractivity contribution < 1.29 is 4.79 Å². The van der Waals surface area contributed by atoms with Crippen LogP contribution >= 0.6 is 0 Å². The fourth-order valence-corrected chi connectivity index (χ4v) is 4.39. The van der Waals surface area contributed by atoms with Crippen LogP contribution in [0.4, 0.5) is 11.4 Å². The summed E-state index contributed by atoms with van der Waals surface area (Å²) in [4.78, 5) is 25.0. The van der Waals surface area contributed by atoms with E-state index in [1.807, 2.05) is 29.3 Å². The number of aromatic amines is 1. The minimum Gasteiger partial charge on any atom is -0.360 e. The van der Waals surface area contributed by atoms with Gasteiger partial charge in [-0.05, 0) is 43.2 Å². The molecule has 5 rings (SSSR count). The Morgan fingerprint density at radius 1 is 0.900 bits per heavy atom. The molecule has 1 aliphatic heterocycles. The van der Waals surface area contributed by atoms with E-state index >= 15 is 0 Å². The summed E-state index contributed by atoms with van der Waals surface area (Å²) in [7, 11) is 0. The topological polar surface area (TPSA) is 52.2 Å². The number of carbonyl (C=O) groups excluding carboxylic acids is 1. The maximum Gasteiger partial charge on any atom is 0.257 e. The summed E-state index contributed by atoms with van der Waals surface area (Å²) in [6.45, 7) is 1.47. The summed E-state index contributed by atoms with van der Waals surface area (Å²) in [6.07, 6.45) is 7.15. The number of aromatic nitrogens is 2. The molecular weight excluding hydrogens is 372 g/mol. The van der Waals surface area contributed by atoms with Crippen molar-refractivity contribution in [2.24, 2.45) is 0 Å². The molecule has 3 heterocycles. The van der Waals surface area contributed by atoms with Gasteiger partial charge in [-0.25, -0.2) is 0 Å². The minimum atomic E-state index is 0.0555. The third-order valence-corrected chi connectivity index (χ3v) is 5.88. The number of nitrogens with zero attached hydrogens (tertiary/aromatic N) is 3. The number of hydrogen-bond donors (Lipinski definition) is 1. The standard InChI is InChI=1S/C25H24N4O/c30-25(23-18-26-17-19-11-14-27-24(19)23)28-15-12-22(13-16-28)29(20-7-3-1-4-8-20)21-9-5-2-6-10-21/h1-11,14,17-18,22,27H,12-13,15-16H2. The van der Waals surface area contributed by atoms with Crippen molar-refractivity contribution in [3.05, 3.63) is 90.9 Å². The molecule has 1 saturated heterocycles. The maximum atomic E-state index is 13.2. The molecule has 2 aromatic carbocycles. The number of benzene rings is 2. The molecule has 30 heavy (non-hydrogen) atoms. The molecule has 5 heteroatoms. The van der Waals surface area contributed by atoms with Gasteiger partial charge in [0.05, 0.1) is 11.1 Å². The predicted molar refractivity (Wildman–Crippen MR) is 120 cm³/mol. The van der Waals surface area contributed by atoms with Gasteiger partial charge in [0.1, 0.15) is 0 Å². The van der Waals surface area contributed by atoms with Crippen molar-refractivity contribution >= 4 is 28.2 Å². The molecule has 1 N–H and O–H groups in total. The first-order valence-corrected chi connectivity index (χ1v) is 10.4. The molecule has 0 saturated carbocycles. The molecule has 0 radical (unpaired) electrons. The number of pyridine rings is 1. The van der Waals surface area contributed by atoms with E-state index in [1.54, 1.807) is 12.4 Å². The van der Waals surface area contributed by atoms with Crippen LogP contribution in [0.15, 0.2) is 85.3 Å². The lowest BCUT2D eigenvalue weighted by atomic mass is 10.00. The number of nitrogens with one attached hydrogen (secondary N) is 1. The number of piperidine rings is 1. The fourth-order valence-electron chi connectivity index (χ4n) is 4.39. The average molecular weight is 396 g/mol. The number of rotatable bonds is 4. The first-order valence-electron chi connectivity index (χ1n) is 10.4. The number of fused-ring (bicyclic) bond motifs is 1. The SMILES string of the molecule is O=C(c1cncc2cc[nH]c12)N1CCC(N(c2ccccc2)c2ccccc2)CC1. The molecule has 0 bridgehead atoms. The van der Waals surface area contributed by atoms with E-state index in [2.05, 4.69) is 63.4 Å². The molecule has 5 nitrogen and oxygen atoms in total. The van der Waals surface area contributed by atoms with Crippen LogP contribution in [0.25, 0.3) is 10.9 Å². The molecular formula is C25H24N4O. The van der Waals surface area contributed by atoms with Crippen molar-refractivity contribution in [3.63, 3.8) is 0 Å². The summed E-state index contributed by atoms with van der Waals surface area (Å²) >= 11 is 0. The molecule has 0 unspecified atom stereocenters. The molecule has 150 valence electrons. The molecule has 1 amide bonds. The van der Waals surface area contributed by atoms with Crippen molar-refractivity contribution in [2.75, 3.05) is 18.0 Å². The molecule has 0 spiro atoms. The second kappa shape index (κ2) is 8.03. The maximum absolute atomic E-state index is 13.2. The summed E-state index contributed by atoms with van der Waals surface area (Å²) < 4.78 is 0. The summed E-state index contributed by atoms with van der Waals surface area (Å²) in [6, 6.07) is 23.3. The second-order valence-corrected chi connectivity index (χ2v) is 7.69. The van der Waals surface area contributed by atoms with Gasteiger partial charge in [-0.3, -0.25) is 9.78 Å². The number of H-pyrrole nitrogens is 1. The van der Waals surface area contributed by atoms with Crippen LogP contribution < -0.4 is 4.90 Å². The monoisotopic (exact) mass is 396 g/mol. The normalized spacial score (nSPS) is 14.7. The Morgan fingerprint density at radius 3 is 2.17 bits per heavy atom. The third kappa shape index (κ3) is 3.43. The lowest BCUT2D eigenvalue weighted by Gasteiger charge is -2.40. The highest BCUT2D eigenvalue weighted by Crippen LogP contribution is 2.32. The average Bonchev–Trinajstić information content (AvgIpc) is 3.30. The Bertz CT molecular complexity index is 1090. The van der Waals surface area contributed by atoms with Gasteiger partial charge >= 0.3 is 0 Å². The Kier molecular flexibility index (Phi) is 4.93. The Balaban J connectivity index is 1.36. The fraction of sp³-hybridized carbons (Fsp3) is 0.200. The predicted octanol–water partition coefficient (Wildman–Crippen LogP) is 5.01. The van der Waals surface area contributed by atoms with E-state index in [0.717, 1.165) is 36.8 Å². The van der Waals surface area contributed by atoms with Crippen LogP contribution in [0.5, 0.6) is 0 Å². The van der Waals surface area contributed by atoms with Crippen LogP contribution in [0, 0.1) is 0 Å². The van der Waals surface area contributed by atoms with Gasteiger partial charge in [0.15, 0.2) is 0 Å². The van der Waals surface area contributed by atoms with Gasteiger partial charge in [0, 0.05) is 54.5 Å². The molecule has 0 aliphatic carbocycles. The van der Waals surface area contributed by atoms with Crippen LogP contribution in [0.1, 0.15) is 23.2 Å². The van der Waals surface area contributed by atoms with Crippen molar-refractivity contribution in [3.8, 4) is 0 Å². The highest BCUT2D eigenvalue weighted by Gasteiger charge is 2.29. The Morgan fingerprint density at radius 2 is 1.53 bits per heavy atom. The van der Waals surface area contributed by atoms with Crippen LogP contribution in [0.2, 0.25) is 0 Å². The zero-order chi connectivity index (χ0) is 20.3. The van der Waals surface area contributed by atoms with E-state index in [0.29, 0.717) is 11.6 Å². The smallest absolute Gasteiger partial charge is 0.257 e. The van der Waals surface area contributed by atoms with E-state index in [1.165, 1.54) is 11.4 Å². The highest BCUT2D eigenvalue weighted by atomic mass is 16.2. The molecule has 1 fully saturated rings. The number of amides is 1. The van der Waals surface area contributed by atoms with Crippen molar-refractivity contribution in [1.82, 2.24) is 14.9 Å². The number of para-hydroxylation sites is 2. The molecule has 2 aromatic heterocycles. The quantitative estimate of drug-likeness (QED) is 0.528. The van der Waals surface area contributed by atoms with Crippen LogP contribution in [-0.2, 0) is 0 Å². The summed E-state index contributed by atoms with van der Waals surface area (Å²) in [5, 5.41) is 0.968. The third-order valence-electron chi connectivity index (χ3n) is 5.88. The van der Waals surface area contributed by atoms with Gasteiger partial charge in [0.2, 0.25) is 0 Å². The van der Waals surface area contributed by atoms with Gasteiger partial charge in [-0.1, -0.05) is 36.4 Å². The molecule has 0 atom stereocenters. The number of anilines is 2. The zero-order valence-corrected chi connectivity index (χ0v) is 16.7. The van der Waals surface area contributed by atoms with Gasteiger partial charge in [0.25, 0.3) is 5.91 Å². The minimum absolute atomic E-state index is 0.0555. The van der Waals surface area contributed by atoms with Crippen molar-refractivity contribution in [1.29, 1.82) is 0 Å². The number of carbonyl (C=O) groups is 1.